The Hall–Kier alpha value is -4.00. The van der Waals surface area contributed by atoms with Gasteiger partial charge in [-0.2, -0.15) is 0 Å². The highest BCUT2D eigenvalue weighted by molar-refractivity contribution is 5.98. The van der Waals surface area contributed by atoms with E-state index in [2.05, 4.69) is 15.6 Å². The summed E-state index contributed by atoms with van der Waals surface area (Å²) in [6, 6.07) is 20.0. The number of methoxy groups -OCH3 is 1. The van der Waals surface area contributed by atoms with Crippen LogP contribution < -0.4 is 14.8 Å². The molecule has 0 radical (unpaired) electrons. The van der Waals surface area contributed by atoms with Gasteiger partial charge in [-0.1, -0.05) is 22.9 Å². The summed E-state index contributed by atoms with van der Waals surface area (Å²) in [5.74, 6) is 1.33. The van der Waals surface area contributed by atoms with Crippen LogP contribution in [0.15, 0.2) is 83.5 Å². The lowest BCUT2D eigenvalue weighted by atomic mass is 10.2. The van der Waals surface area contributed by atoms with Crippen molar-refractivity contribution in [2.75, 3.05) is 12.5 Å². The van der Waals surface area contributed by atoms with Crippen molar-refractivity contribution in [3.8, 4) is 28.7 Å². The van der Waals surface area contributed by atoms with E-state index >= 15 is 0 Å². The third-order valence-corrected chi connectivity index (χ3v) is 4.10. The number of carbonyl (C=O) groups excluding carboxylic acids is 1. The minimum absolute atomic E-state index is 0.232. The molecular formula is C21H17N4O3+. The third kappa shape index (κ3) is 3.73. The van der Waals surface area contributed by atoms with E-state index in [0.717, 1.165) is 11.1 Å². The van der Waals surface area contributed by atoms with Gasteiger partial charge in [0.05, 0.1) is 12.7 Å². The number of pyridine rings is 1. The second-order valence-corrected chi connectivity index (χ2v) is 5.94. The van der Waals surface area contributed by atoms with Crippen LogP contribution in [-0.2, 0) is 0 Å². The minimum Gasteiger partial charge on any atom is -0.497 e. The van der Waals surface area contributed by atoms with Crippen molar-refractivity contribution in [3.63, 3.8) is 0 Å². The first-order chi connectivity index (χ1) is 13.7. The average Bonchev–Trinajstić information content (AvgIpc) is 3.25. The molecule has 2 heterocycles. The Bertz CT molecular complexity index is 1070. The Kier molecular flexibility index (Phi) is 4.79. The van der Waals surface area contributed by atoms with Gasteiger partial charge in [-0.15, -0.1) is 15.6 Å². The molecule has 0 bridgehead atoms. The molecule has 0 aliphatic heterocycles. The predicted octanol–water partition coefficient (Wildman–Crippen LogP) is 3.08. The van der Waals surface area contributed by atoms with Gasteiger partial charge in [0.2, 0.25) is 24.2 Å². The Morgan fingerprint density at radius 3 is 2.11 bits per heavy atom. The van der Waals surface area contributed by atoms with Gasteiger partial charge in [-0.25, -0.2) is 0 Å². The first-order valence-electron chi connectivity index (χ1n) is 8.59. The summed E-state index contributed by atoms with van der Waals surface area (Å²) in [5.41, 5.74) is 4.92. The topological polar surface area (TPSA) is 81.1 Å². The molecule has 28 heavy (non-hydrogen) atoms. The van der Waals surface area contributed by atoms with Crippen LogP contribution in [0.3, 0.4) is 0 Å². The molecule has 0 spiro atoms. The van der Waals surface area contributed by atoms with Crippen molar-refractivity contribution < 1.29 is 18.6 Å². The van der Waals surface area contributed by atoms with Crippen molar-refractivity contribution in [2.24, 2.45) is 0 Å². The Morgan fingerprint density at radius 1 is 0.893 bits per heavy atom. The van der Waals surface area contributed by atoms with Crippen LogP contribution >= 0.6 is 0 Å². The molecule has 7 heteroatoms. The van der Waals surface area contributed by atoms with Crippen LogP contribution in [0.4, 0.5) is 0 Å². The highest BCUT2D eigenvalue weighted by atomic mass is 16.5. The molecule has 7 nitrogen and oxygen atoms in total. The predicted molar refractivity (Wildman–Crippen MR) is 102 cm³/mol. The molecule has 2 aromatic carbocycles. The van der Waals surface area contributed by atoms with Crippen LogP contribution in [0.25, 0.3) is 22.9 Å². The van der Waals surface area contributed by atoms with Crippen molar-refractivity contribution in [1.29, 1.82) is 0 Å². The summed E-state index contributed by atoms with van der Waals surface area (Å²) in [5, 5.41) is 8.18. The van der Waals surface area contributed by atoms with Crippen LogP contribution in [-0.4, -0.2) is 23.2 Å². The highest BCUT2D eigenvalue weighted by Gasteiger charge is 2.14. The van der Waals surface area contributed by atoms with Gasteiger partial charge in [0, 0.05) is 23.3 Å². The van der Waals surface area contributed by atoms with Crippen molar-refractivity contribution in [2.45, 2.75) is 0 Å². The molecule has 4 aromatic rings. The molecule has 0 aliphatic rings. The largest absolute Gasteiger partial charge is 0.497 e. The molecule has 0 aliphatic carbocycles. The maximum absolute atomic E-state index is 12.3. The zero-order chi connectivity index (χ0) is 19.3. The molecular weight excluding hydrogens is 356 g/mol. The van der Waals surface area contributed by atoms with Gasteiger partial charge in [-0.3, -0.25) is 4.79 Å². The van der Waals surface area contributed by atoms with Gasteiger partial charge in [0.25, 0.3) is 0 Å². The SMILES string of the molecule is COc1ccc(C(=O)N[n+]2ccc(-c3nnc(-c4ccccc4)o3)cc2)cc1. The van der Waals surface area contributed by atoms with Crippen LogP contribution in [0, 0.1) is 0 Å². The zero-order valence-corrected chi connectivity index (χ0v) is 15.1. The van der Waals surface area contributed by atoms with Gasteiger partial charge in [0.15, 0.2) is 0 Å². The number of benzene rings is 2. The Labute approximate surface area is 161 Å². The summed E-state index contributed by atoms with van der Waals surface area (Å²) in [6.45, 7) is 0. The number of amides is 1. The summed E-state index contributed by atoms with van der Waals surface area (Å²) < 4.78 is 12.4. The quantitative estimate of drug-likeness (QED) is 0.544. The zero-order valence-electron chi connectivity index (χ0n) is 15.1. The van der Waals surface area contributed by atoms with Crippen molar-refractivity contribution in [3.05, 3.63) is 84.7 Å². The average molecular weight is 373 g/mol. The fourth-order valence-electron chi connectivity index (χ4n) is 2.61. The fourth-order valence-corrected chi connectivity index (χ4v) is 2.61. The molecule has 0 atom stereocenters. The molecule has 0 saturated carbocycles. The Morgan fingerprint density at radius 2 is 1.50 bits per heavy atom. The molecule has 138 valence electrons. The lowest BCUT2D eigenvalue weighted by molar-refractivity contribution is -0.641. The number of nitrogens with zero attached hydrogens (tertiary/aromatic N) is 3. The lowest BCUT2D eigenvalue weighted by Gasteiger charge is -2.02. The van der Waals surface area contributed by atoms with Crippen LogP contribution in [0.5, 0.6) is 5.75 Å². The minimum atomic E-state index is -0.232. The number of hydrogen-bond donors (Lipinski definition) is 1. The second kappa shape index (κ2) is 7.71. The number of ether oxygens (including phenoxy) is 1. The maximum atomic E-state index is 12.3. The number of nitrogens with one attached hydrogen (secondary N) is 1. The first-order valence-corrected chi connectivity index (χ1v) is 8.59. The number of carbonyl (C=O) groups is 1. The Balaban J connectivity index is 1.46. The van der Waals surface area contributed by atoms with E-state index in [0.29, 0.717) is 23.1 Å². The summed E-state index contributed by atoms with van der Waals surface area (Å²) >= 11 is 0. The standard InChI is InChI=1S/C21H16N4O3/c1-27-18-9-7-15(8-10-18)19(26)24-25-13-11-17(12-14-25)21-23-22-20(28-21)16-5-3-2-4-6-16/h2-14H,1H3/p+1. The van der Waals surface area contributed by atoms with Crippen LogP contribution in [0.2, 0.25) is 0 Å². The van der Waals surface area contributed by atoms with E-state index in [1.807, 2.05) is 30.3 Å². The molecule has 0 unspecified atom stereocenters. The molecule has 0 fully saturated rings. The van der Waals surface area contributed by atoms with Gasteiger partial charge in [0.1, 0.15) is 5.75 Å². The van der Waals surface area contributed by atoms with Gasteiger partial charge >= 0.3 is 5.91 Å². The highest BCUT2D eigenvalue weighted by Crippen LogP contribution is 2.22. The number of hydrogen-bond acceptors (Lipinski definition) is 5. The van der Waals surface area contributed by atoms with E-state index in [-0.39, 0.29) is 5.91 Å². The van der Waals surface area contributed by atoms with E-state index in [9.17, 15) is 4.79 Å². The normalized spacial score (nSPS) is 10.5. The van der Waals surface area contributed by atoms with E-state index in [4.69, 9.17) is 9.15 Å². The van der Waals surface area contributed by atoms with E-state index < -0.39 is 0 Å². The number of rotatable bonds is 5. The molecule has 2 aromatic heterocycles. The monoisotopic (exact) mass is 373 g/mol. The molecule has 0 saturated heterocycles. The third-order valence-electron chi connectivity index (χ3n) is 4.10. The maximum Gasteiger partial charge on any atom is 0.305 e. The van der Waals surface area contributed by atoms with E-state index in [1.165, 1.54) is 0 Å². The van der Waals surface area contributed by atoms with Crippen molar-refractivity contribution >= 4 is 5.91 Å². The molecule has 4 rings (SSSR count). The second-order valence-electron chi connectivity index (χ2n) is 5.94. The van der Waals surface area contributed by atoms with Crippen molar-refractivity contribution in [1.82, 2.24) is 10.2 Å². The molecule has 1 amide bonds. The lowest BCUT2D eigenvalue weighted by Crippen LogP contribution is -2.47. The number of aromatic nitrogens is 3. The first kappa shape index (κ1) is 17.4. The molecule has 1 N–H and O–H groups in total. The summed E-state index contributed by atoms with van der Waals surface area (Å²) in [4.78, 5) is 12.3. The summed E-state index contributed by atoms with van der Waals surface area (Å²) in [7, 11) is 1.58. The smallest absolute Gasteiger partial charge is 0.305 e. The van der Waals surface area contributed by atoms with Gasteiger partial charge < -0.3 is 9.15 Å². The van der Waals surface area contributed by atoms with Gasteiger partial charge in [-0.05, 0) is 36.4 Å². The van der Waals surface area contributed by atoms with Crippen LogP contribution in [0.1, 0.15) is 10.4 Å². The van der Waals surface area contributed by atoms with E-state index in [1.54, 1.807) is 60.6 Å². The fraction of sp³-hybridized carbons (Fsp3) is 0.0476. The summed E-state index contributed by atoms with van der Waals surface area (Å²) in [6.07, 6.45) is 3.42.